The van der Waals surface area contributed by atoms with E-state index in [4.69, 9.17) is 0 Å². The van der Waals surface area contributed by atoms with Crippen LogP contribution >= 0.6 is 0 Å². The summed E-state index contributed by atoms with van der Waals surface area (Å²) in [4.78, 5) is 24.9. The summed E-state index contributed by atoms with van der Waals surface area (Å²) in [5.41, 5.74) is 1.23. The summed E-state index contributed by atoms with van der Waals surface area (Å²) < 4.78 is 26.4. The Morgan fingerprint density at radius 2 is 1.75 bits per heavy atom. The smallest absolute Gasteiger partial charge is 0.321 e. The minimum atomic E-state index is -0.841. The van der Waals surface area contributed by atoms with Crippen molar-refractivity contribution in [3.8, 4) is 0 Å². The van der Waals surface area contributed by atoms with Crippen LogP contribution < -0.4 is 10.6 Å². The molecule has 0 fully saturated rings. The predicted molar refractivity (Wildman–Crippen MR) is 86.7 cm³/mol. The van der Waals surface area contributed by atoms with Gasteiger partial charge in [0.15, 0.2) is 0 Å². The fourth-order valence-electron chi connectivity index (χ4n) is 2.05. The van der Waals surface area contributed by atoms with Gasteiger partial charge in [0.1, 0.15) is 11.6 Å². The minimum absolute atomic E-state index is 0.0942. The molecule has 2 aromatic rings. The third kappa shape index (κ3) is 4.28. The largest absolute Gasteiger partial charge is 0.355 e. The average Bonchev–Trinajstić information content (AvgIpc) is 2.57. The van der Waals surface area contributed by atoms with Crippen molar-refractivity contribution in [2.24, 2.45) is 0 Å². The molecule has 0 radical (unpaired) electrons. The lowest BCUT2D eigenvalue weighted by Crippen LogP contribution is -2.31. The van der Waals surface area contributed by atoms with E-state index < -0.39 is 17.7 Å². The third-order valence-corrected chi connectivity index (χ3v) is 3.38. The van der Waals surface area contributed by atoms with Crippen LogP contribution in [0.3, 0.4) is 0 Å². The average molecular weight is 333 g/mol. The van der Waals surface area contributed by atoms with Gasteiger partial charge in [-0.2, -0.15) is 0 Å². The maximum Gasteiger partial charge on any atom is 0.321 e. The van der Waals surface area contributed by atoms with E-state index in [1.165, 1.54) is 4.90 Å². The maximum absolute atomic E-state index is 13.5. The molecule has 0 aliphatic heterocycles. The molecule has 2 rings (SSSR count). The number of amides is 3. The molecule has 2 N–H and O–H groups in total. The van der Waals surface area contributed by atoms with Gasteiger partial charge in [-0.1, -0.05) is 12.1 Å². The van der Waals surface area contributed by atoms with Crippen molar-refractivity contribution < 1.29 is 18.4 Å². The summed E-state index contributed by atoms with van der Waals surface area (Å²) in [7, 11) is 3.09. The molecule has 0 aliphatic carbocycles. The van der Waals surface area contributed by atoms with Gasteiger partial charge >= 0.3 is 6.03 Å². The molecule has 0 unspecified atom stereocenters. The highest BCUT2D eigenvalue weighted by molar-refractivity contribution is 5.94. The topological polar surface area (TPSA) is 61.4 Å². The first-order valence-corrected chi connectivity index (χ1v) is 7.19. The number of rotatable bonds is 4. The Morgan fingerprint density at radius 3 is 2.33 bits per heavy atom. The highest BCUT2D eigenvalue weighted by atomic mass is 19.1. The van der Waals surface area contributed by atoms with Crippen molar-refractivity contribution in [1.29, 1.82) is 0 Å². The van der Waals surface area contributed by atoms with Crippen LogP contribution in [0, 0.1) is 11.6 Å². The number of nitrogens with zero attached hydrogens (tertiary/aromatic N) is 1. The SMILES string of the molecule is CNC(=O)c1ccc(CN(C)C(=O)Nc2ccc(F)cc2F)cc1. The first kappa shape index (κ1) is 17.4. The van der Waals surface area contributed by atoms with Crippen LogP contribution in [0.2, 0.25) is 0 Å². The van der Waals surface area contributed by atoms with Crippen molar-refractivity contribution in [1.82, 2.24) is 10.2 Å². The Hall–Kier alpha value is -2.96. The number of halogens is 2. The summed E-state index contributed by atoms with van der Waals surface area (Å²) in [6, 6.07) is 9.16. The molecule has 0 atom stereocenters. The van der Waals surface area contributed by atoms with Gasteiger partial charge < -0.3 is 15.5 Å². The quantitative estimate of drug-likeness (QED) is 0.903. The molecule has 0 heterocycles. The van der Waals surface area contributed by atoms with Crippen LogP contribution in [0.1, 0.15) is 15.9 Å². The summed E-state index contributed by atoms with van der Waals surface area (Å²) in [5, 5.41) is 4.90. The number of nitrogens with one attached hydrogen (secondary N) is 2. The Bertz CT molecular complexity index is 748. The Kier molecular flexibility index (Phi) is 5.47. The van der Waals surface area contributed by atoms with E-state index in [0.717, 1.165) is 17.7 Å². The van der Waals surface area contributed by atoms with Gasteiger partial charge in [-0.15, -0.1) is 0 Å². The van der Waals surface area contributed by atoms with Crippen molar-refractivity contribution in [3.05, 3.63) is 65.2 Å². The van der Waals surface area contributed by atoms with Crippen molar-refractivity contribution >= 4 is 17.6 Å². The van der Waals surface area contributed by atoms with E-state index >= 15 is 0 Å². The molecular formula is C17H17F2N3O2. The van der Waals surface area contributed by atoms with Gasteiger partial charge in [0.05, 0.1) is 5.69 Å². The molecule has 24 heavy (non-hydrogen) atoms. The van der Waals surface area contributed by atoms with Gasteiger partial charge in [0, 0.05) is 32.3 Å². The molecule has 0 bridgehead atoms. The zero-order chi connectivity index (χ0) is 17.7. The molecule has 7 heteroatoms. The fraction of sp³-hybridized carbons (Fsp3) is 0.176. The zero-order valence-electron chi connectivity index (χ0n) is 13.3. The second kappa shape index (κ2) is 7.54. The molecule has 0 aromatic heterocycles. The Labute approximate surface area is 138 Å². The summed E-state index contributed by atoms with van der Waals surface area (Å²) in [6.45, 7) is 0.267. The normalized spacial score (nSPS) is 10.2. The molecule has 0 saturated carbocycles. The summed E-state index contributed by atoms with van der Waals surface area (Å²) in [6.07, 6.45) is 0. The highest BCUT2D eigenvalue weighted by Crippen LogP contribution is 2.16. The van der Waals surface area contributed by atoms with E-state index in [-0.39, 0.29) is 18.1 Å². The monoisotopic (exact) mass is 333 g/mol. The maximum atomic E-state index is 13.5. The second-order valence-electron chi connectivity index (χ2n) is 5.19. The number of anilines is 1. The predicted octanol–water partition coefficient (Wildman–Crippen LogP) is 2.99. The first-order valence-electron chi connectivity index (χ1n) is 7.19. The molecular weight excluding hydrogens is 316 g/mol. The minimum Gasteiger partial charge on any atom is -0.355 e. The Morgan fingerprint density at radius 1 is 1.08 bits per heavy atom. The van der Waals surface area contributed by atoms with E-state index in [9.17, 15) is 18.4 Å². The molecule has 0 spiro atoms. The van der Waals surface area contributed by atoms with E-state index in [1.807, 2.05) is 0 Å². The van der Waals surface area contributed by atoms with Crippen LogP contribution in [-0.4, -0.2) is 30.9 Å². The molecule has 3 amide bonds. The number of carbonyl (C=O) groups is 2. The van der Waals surface area contributed by atoms with E-state index in [0.29, 0.717) is 11.6 Å². The van der Waals surface area contributed by atoms with Gasteiger partial charge in [0.25, 0.3) is 5.91 Å². The number of carbonyl (C=O) groups excluding carboxylic acids is 2. The number of benzene rings is 2. The van der Waals surface area contributed by atoms with Gasteiger partial charge in [-0.25, -0.2) is 13.6 Å². The lowest BCUT2D eigenvalue weighted by molar-refractivity contribution is 0.0963. The van der Waals surface area contributed by atoms with Gasteiger partial charge in [-0.05, 0) is 29.8 Å². The number of hydrogen-bond donors (Lipinski definition) is 2. The van der Waals surface area contributed by atoms with Gasteiger partial charge in [0.2, 0.25) is 0 Å². The van der Waals surface area contributed by atoms with E-state index in [1.54, 1.807) is 38.4 Å². The van der Waals surface area contributed by atoms with Crippen LogP contribution in [0.15, 0.2) is 42.5 Å². The Balaban J connectivity index is 1.99. The number of hydrogen-bond acceptors (Lipinski definition) is 2. The fourth-order valence-corrected chi connectivity index (χ4v) is 2.05. The first-order chi connectivity index (χ1) is 11.4. The molecule has 0 aliphatic rings. The zero-order valence-corrected chi connectivity index (χ0v) is 13.3. The summed E-state index contributed by atoms with van der Waals surface area (Å²) in [5.74, 6) is -1.75. The standard InChI is InChI=1S/C17H17F2N3O2/c1-20-16(23)12-5-3-11(4-6-12)10-22(2)17(24)21-15-8-7-13(18)9-14(15)19/h3-9H,10H2,1-2H3,(H,20,23)(H,21,24). The molecule has 5 nitrogen and oxygen atoms in total. The van der Waals surface area contributed by atoms with Crippen LogP contribution in [0.4, 0.5) is 19.3 Å². The van der Waals surface area contributed by atoms with Crippen molar-refractivity contribution in [2.75, 3.05) is 19.4 Å². The van der Waals surface area contributed by atoms with Crippen LogP contribution in [-0.2, 0) is 6.54 Å². The highest BCUT2D eigenvalue weighted by Gasteiger charge is 2.13. The molecule has 126 valence electrons. The van der Waals surface area contributed by atoms with Gasteiger partial charge in [-0.3, -0.25) is 4.79 Å². The lowest BCUT2D eigenvalue weighted by atomic mass is 10.1. The second-order valence-corrected chi connectivity index (χ2v) is 5.19. The number of urea groups is 1. The summed E-state index contributed by atoms with van der Waals surface area (Å²) >= 11 is 0. The molecule has 2 aromatic carbocycles. The lowest BCUT2D eigenvalue weighted by Gasteiger charge is -2.18. The van der Waals surface area contributed by atoms with Crippen LogP contribution in [0.25, 0.3) is 0 Å². The third-order valence-electron chi connectivity index (χ3n) is 3.38. The van der Waals surface area contributed by atoms with Crippen molar-refractivity contribution in [3.63, 3.8) is 0 Å². The molecule has 0 saturated heterocycles. The van der Waals surface area contributed by atoms with Crippen LogP contribution in [0.5, 0.6) is 0 Å². The van der Waals surface area contributed by atoms with E-state index in [2.05, 4.69) is 10.6 Å². The van der Waals surface area contributed by atoms with Crippen molar-refractivity contribution in [2.45, 2.75) is 6.54 Å².